The zero-order valence-corrected chi connectivity index (χ0v) is 13.2. The number of nitrogens with one attached hydrogen (secondary N) is 2. The highest BCUT2D eigenvalue weighted by Gasteiger charge is 2.16. The van der Waals surface area contributed by atoms with Crippen molar-refractivity contribution in [2.75, 3.05) is 17.1 Å². The normalized spacial score (nSPS) is 11.2. The van der Waals surface area contributed by atoms with Gasteiger partial charge in [-0.1, -0.05) is 0 Å². The lowest BCUT2D eigenvalue weighted by atomic mass is 10.3. The van der Waals surface area contributed by atoms with E-state index in [1.807, 2.05) is 6.92 Å². The number of halogens is 1. The summed E-state index contributed by atoms with van der Waals surface area (Å²) in [5.74, 6) is 0.588. The topological polar surface area (TPSA) is 96.9 Å². The van der Waals surface area contributed by atoms with Crippen LogP contribution in [0.4, 0.5) is 11.8 Å². The van der Waals surface area contributed by atoms with Crippen LogP contribution in [0, 0.1) is 6.92 Å². The quantitative estimate of drug-likeness (QED) is 0.865. The van der Waals surface area contributed by atoms with Crippen LogP contribution in [0.3, 0.4) is 0 Å². The molecule has 2 N–H and O–H groups in total. The number of hydrogen-bond donors (Lipinski definition) is 2. The first kappa shape index (κ1) is 14.7. The van der Waals surface area contributed by atoms with Gasteiger partial charge in [0.05, 0.1) is 12.4 Å². The summed E-state index contributed by atoms with van der Waals surface area (Å²) in [6, 6.07) is 1.63. The highest BCUT2D eigenvalue weighted by atomic mass is 79.9. The van der Waals surface area contributed by atoms with Gasteiger partial charge in [0.25, 0.3) is 10.0 Å². The third kappa shape index (κ3) is 3.23. The van der Waals surface area contributed by atoms with Gasteiger partial charge in [-0.2, -0.15) is 0 Å². The van der Waals surface area contributed by atoms with Crippen molar-refractivity contribution in [1.82, 2.24) is 15.0 Å². The van der Waals surface area contributed by atoms with E-state index in [1.165, 1.54) is 18.6 Å². The largest absolute Gasteiger partial charge is 0.357 e. The number of pyridine rings is 1. The van der Waals surface area contributed by atoms with Crippen LogP contribution < -0.4 is 10.0 Å². The lowest BCUT2D eigenvalue weighted by Gasteiger charge is -2.08. The summed E-state index contributed by atoms with van der Waals surface area (Å²) >= 11 is 3.30. The van der Waals surface area contributed by atoms with Gasteiger partial charge in [0.15, 0.2) is 0 Å². The molecule has 0 aromatic carbocycles. The van der Waals surface area contributed by atoms with Gasteiger partial charge in [0.2, 0.25) is 5.95 Å². The van der Waals surface area contributed by atoms with Crippen molar-refractivity contribution < 1.29 is 8.42 Å². The number of aryl methyl sites for hydroxylation is 1. The fraction of sp³-hybridized carbons (Fsp3) is 0.182. The van der Waals surface area contributed by atoms with E-state index < -0.39 is 10.0 Å². The van der Waals surface area contributed by atoms with Crippen molar-refractivity contribution in [3.8, 4) is 0 Å². The van der Waals surface area contributed by atoms with Crippen molar-refractivity contribution in [3.05, 3.63) is 34.7 Å². The van der Waals surface area contributed by atoms with Crippen LogP contribution in [0.1, 0.15) is 5.56 Å². The molecule has 7 nitrogen and oxygen atoms in total. The summed E-state index contributed by atoms with van der Waals surface area (Å²) in [5.41, 5.74) is 0.875. The molecule has 2 heterocycles. The van der Waals surface area contributed by atoms with E-state index in [1.54, 1.807) is 13.1 Å². The molecule has 2 aromatic heterocycles. The van der Waals surface area contributed by atoms with Crippen molar-refractivity contribution in [2.24, 2.45) is 0 Å². The van der Waals surface area contributed by atoms with E-state index in [0.717, 1.165) is 10.0 Å². The van der Waals surface area contributed by atoms with Gasteiger partial charge < -0.3 is 5.32 Å². The lowest BCUT2D eigenvalue weighted by molar-refractivity contribution is 0.600. The number of rotatable bonds is 4. The van der Waals surface area contributed by atoms with Crippen molar-refractivity contribution >= 4 is 37.7 Å². The van der Waals surface area contributed by atoms with Crippen molar-refractivity contribution in [3.63, 3.8) is 0 Å². The first-order chi connectivity index (χ1) is 9.42. The zero-order valence-electron chi connectivity index (χ0n) is 10.8. The minimum absolute atomic E-state index is 0.0288. The lowest BCUT2D eigenvalue weighted by Crippen LogP contribution is -2.15. The molecule has 0 amide bonds. The standard InChI is InChI=1S/C11H12BrN5O2S/c1-7-3-10(14-6-9(7)12)17-20(18,19)8-4-15-11(13-2)16-5-8/h3-6H,1-2H3,(H,14,17)(H,13,15,16). The molecule has 0 saturated carbocycles. The summed E-state index contributed by atoms with van der Waals surface area (Å²) in [4.78, 5) is 11.7. The molecule has 9 heteroatoms. The molecule has 0 aliphatic rings. The molecule has 2 rings (SSSR count). The van der Waals surface area contributed by atoms with E-state index in [2.05, 4.69) is 40.9 Å². The maximum atomic E-state index is 12.1. The number of sulfonamides is 1. The molecule has 0 radical (unpaired) electrons. The summed E-state index contributed by atoms with van der Waals surface area (Å²) in [5, 5.41) is 2.71. The first-order valence-corrected chi connectivity index (χ1v) is 7.85. The molecule has 0 saturated heterocycles. The summed E-state index contributed by atoms with van der Waals surface area (Å²) < 4.78 is 27.5. The Morgan fingerprint density at radius 1 is 1.15 bits per heavy atom. The average Bonchev–Trinajstić information content (AvgIpc) is 2.43. The van der Waals surface area contributed by atoms with Gasteiger partial charge in [-0.15, -0.1) is 0 Å². The fourth-order valence-electron chi connectivity index (χ4n) is 1.38. The minimum Gasteiger partial charge on any atom is -0.357 e. The average molecular weight is 358 g/mol. The molecule has 20 heavy (non-hydrogen) atoms. The highest BCUT2D eigenvalue weighted by molar-refractivity contribution is 9.10. The van der Waals surface area contributed by atoms with Crippen LogP contribution >= 0.6 is 15.9 Å². The summed E-state index contributed by atoms with van der Waals surface area (Å²) in [6.45, 7) is 1.84. The molecule has 2 aromatic rings. The Bertz CT molecular complexity index is 718. The Morgan fingerprint density at radius 2 is 1.80 bits per heavy atom. The van der Waals surface area contributed by atoms with Crippen LogP contribution in [-0.4, -0.2) is 30.4 Å². The van der Waals surface area contributed by atoms with Crippen LogP contribution in [-0.2, 0) is 10.0 Å². The van der Waals surface area contributed by atoms with Crippen molar-refractivity contribution in [2.45, 2.75) is 11.8 Å². The number of hydrogen-bond acceptors (Lipinski definition) is 6. The van der Waals surface area contributed by atoms with Gasteiger partial charge in [-0.3, -0.25) is 4.72 Å². The third-order valence-corrected chi connectivity index (χ3v) is 4.59. The maximum Gasteiger partial charge on any atom is 0.266 e. The van der Waals surface area contributed by atoms with E-state index >= 15 is 0 Å². The fourth-order valence-corrected chi connectivity index (χ4v) is 2.48. The predicted molar refractivity (Wildman–Crippen MR) is 79.1 cm³/mol. The van der Waals surface area contributed by atoms with E-state index in [9.17, 15) is 8.42 Å². The second-order valence-corrected chi connectivity index (χ2v) is 6.45. The monoisotopic (exact) mass is 357 g/mol. The molecule has 0 unspecified atom stereocenters. The molecular formula is C11H12BrN5O2S. The van der Waals surface area contributed by atoms with Crippen LogP contribution in [0.5, 0.6) is 0 Å². The Balaban J connectivity index is 2.27. The smallest absolute Gasteiger partial charge is 0.266 e. The summed E-state index contributed by atoms with van der Waals surface area (Å²) in [6.07, 6.45) is 3.99. The SMILES string of the molecule is CNc1ncc(S(=O)(=O)Nc2cc(C)c(Br)cn2)cn1. The van der Waals surface area contributed by atoms with Crippen LogP contribution in [0.25, 0.3) is 0 Å². The number of anilines is 2. The number of nitrogens with zero attached hydrogens (tertiary/aromatic N) is 3. The second-order valence-electron chi connectivity index (χ2n) is 3.92. The summed E-state index contributed by atoms with van der Waals surface area (Å²) in [7, 11) is -2.10. The molecule has 0 spiro atoms. The third-order valence-electron chi connectivity index (χ3n) is 2.45. The van der Waals surface area contributed by atoms with E-state index in [-0.39, 0.29) is 10.7 Å². The molecule has 0 bridgehead atoms. The Morgan fingerprint density at radius 3 is 2.35 bits per heavy atom. The van der Waals surface area contributed by atoms with E-state index in [0.29, 0.717) is 5.95 Å². The Kier molecular flexibility index (Phi) is 4.19. The van der Waals surface area contributed by atoms with Crippen LogP contribution in [0.15, 0.2) is 34.0 Å². The molecule has 0 aliphatic carbocycles. The molecular weight excluding hydrogens is 346 g/mol. The maximum absolute atomic E-state index is 12.1. The van der Waals surface area contributed by atoms with Crippen molar-refractivity contribution in [1.29, 1.82) is 0 Å². The van der Waals surface area contributed by atoms with E-state index in [4.69, 9.17) is 0 Å². The predicted octanol–water partition coefficient (Wildman–Crippen LogP) is 1.79. The highest BCUT2D eigenvalue weighted by Crippen LogP contribution is 2.19. The second kappa shape index (κ2) is 5.71. The molecule has 0 atom stereocenters. The van der Waals surface area contributed by atoms with Gasteiger partial charge in [-0.05, 0) is 34.5 Å². The molecule has 0 aliphatic heterocycles. The Hall–Kier alpha value is -1.74. The minimum atomic E-state index is -3.75. The van der Waals surface area contributed by atoms with Gasteiger partial charge in [0, 0.05) is 17.7 Å². The first-order valence-electron chi connectivity index (χ1n) is 5.57. The molecule has 0 fully saturated rings. The van der Waals surface area contributed by atoms with Gasteiger partial charge >= 0.3 is 0 Å². The van der Waals surface area contributed by atoms with Gasteiger partial charge in [0.1, 0.15) is 10.7 Å². The number of aromatic nitrogens is 3. The van der Waals surface area contributed by atoms with Crippen LogP contribution in [0.2, 0.25) is 0 Å². The zero-order chi connectivity index (χ0) is 14.8. The molecule has 106 valence electrons. The van der Waals surface area contributed by atoms with Gasteiger partial charge in [-0.25, -0.2) is 23.4 Å². The Labute approximate surface area is 125 Å².